The Hall–Kier alpha value is -3.18. The number of benzene rings is 3. The molecule has 1 N–H and O–H groups in total. The minimum atomic E-state index is -1.24. The molecule has 0 saturated heterocycles. The zero-order chi connectivity index (χ0) is 25.0. The van der Waals surface area contributed by atoms with E-state index in [-0.39, 0.29) is 0 Å². The Balaban J connectivity index is 2.02. The average Bonchev–Trinajstić information content (AvgIpc) is 2.88. The van der Waals surface area contributed by atoms with E-state index in [2.05, 4.69) is 23.6 Å². The summed E-state index contributed by atoms with van der Waals surface area (Å²) >= 11 is 6.25. The summed E-state index contributed by atoms with van der Waals surface area (Å²) in [6.07, 6.45) is 2.32. The lowest BCUT2D eigenvalue weighted by molar-refractivity contribution is 0.00380. The minimum absolute atomic E-state index is 0.457. The molecular weight excluding hydrogens is 456 g/mol. The molecule has 5 heteroatoms. The van der Waals surface area contributed by atoms with Crippen LogP contribution in [0, 0.1) is 0 Å². The standard InChI is InChI=1S/C30H31ClN2O2/c1-5-21-11-16-27-23(19-21)20-26(29(32-27)35-4)28(22-12-14-25(31)15-13-22)30(34,17-18-33(2)3)24-9-7-6-8-10-24/h5-16,19-20,28,34H,1,17-18H2,2-4H3. The van der Waals surface area contributed by atoms with Gasteiger partial charge in [0.05, 0.1) is 12.6 Å². The van der Waals surface area contributed by atoms with E-state index < -0.39 is 11.5 Å². The van der Waals surface area contributed by atoms with Crippen LogP contribution in [0.2, 0.25) is 5.02 Å². The molecule has 4 nitrogen and oxygen atoms in total. The van der Waals surface area contributed by atoms with E-state index in [1.807, 2.05) is 86.9 Å². The molecule has 1 aromatic heterocycles. The minimum Gasteiger partial charge on any atom is -0.481 e. The largest absolute Gasteiger partial charge is 0.481 e. The molecule has 35 heavy (non-hydrogen) atoms. The van der Waals surface area contributed by atoms with Gasteiger partial charge in [-0.15, -0.1) is 0 Å². The number of hydrogen-bond donors (Lipinski definition) is 1. The van der Waals surface area contributed by atoms with Gasteiger partial charge in [0.15, 0.2) is 0 Å². The maximum Gasteiger partial charge on any atom is 0.217 e. The fourth-order valence-corrected chi connectivity index (χ4v) is 4.76. The van der Waals surface area contributed by atoms with Crippen molar-refractivity contribution in [1.82, 2.24) is 9.88 Å². The van der Waals surface area contributed by atoms with Crippen LogP contribution in [-0.2, 0) is 5.60 Å². The summed E-state index contributed by atoms with van der Waals surface area (Å²) in [7, 11) is 5.64. The summed E-state index contributed by atoms with van der Waals surface area (Å²) in [5.41, 5.74) is 3.17. The zero-order valence-corrected chi connectivity index (χ0v) is 21.2. The van der Waals surface area contributed by atoms with Gasteiger partial charge in [0, 0.05) is 28.4 Å². The number of halogens is 1. The van der Waals surface area contributed by atoms with E-state index in [0.29, 0.717) is 23.9 Å². The second kappa shape index (κ2) is 10.6. The van der Waals surface area contributed by atoms with Gasteiger partial charge in [-0.05, 0) is 67.5 Å². The van der Waals surface area contributed by atoms with E-state index >= 15 is 0 Å². The third-order valence-electron chi connectivity index (χ3n) is 6.47. The molecule has 0 fully saturated rings. The lowest BCUT2D eigenvalue weighted by Gasteiger charge is -2.39. The summed E-state index contributed by atoms with van der Waals surface area (Å²) in [5, 5.41) is 14.2. The topological polar surface area (TPSA) is 45.6 Å². The van der Waals surface area contributed by atoms with Crippen LogP contribution in [0.4, 0.5) is 0 Å². The number of aromatic nitrogens is 1. The quantitative estimate of drug-likeness (QED) is 0.293. The van der Waals surface area contributed by atoms with Crippen LogP contribution < -0.4 is 4.74 Å². The van der Waals surface area contributed by atoms with Crippen molar-refractivity contribution in [3.05, 3.63) is 113 Å². The van der Waals surface area contributed by atoms with Crippen molar-refractivity contribution in [3.8, 4) is 5.88 Å². The van der Waals surface area contributed by atoms with Crippen LogP contribution in [0.15, 0.2) is 85.4 Å². The van der Waals surface area contributed by atoms with Crippen LogP contribution >= 0.6 is 11.6 Å². The highest BCUT2D eigenvalue weighted by atomic mass is 35.5. The van der Waals surface area contributed by atoms with Gasteiger partial charge in [0.2, 0.25) is 5.88 Å². The van der Waals surface area contributed by atoms with Crippen molar-refractivity contribution in [2.75, 3.05) is 27.7 Å². The first-order chi connectivity index (χ1) is 16.9. The number of aliphatic hydroxyl groups is 1. The Morgan fingerprint density at radius 1 is 1.06 bits per heavy atom. The Labute approximate surface area is 212 Å². The second-order valence-electron chi connectivity index (χ2n) is 9.07. The molecule has 2 unspecified atom stereocenters. The molecule has 0 bridgehead atoms. The number of fused-ring (bicyclic) bond motifs is 1. The van der Waals surface area contributed by atoms with Gasteiger partial charge in [0.25, 0.3) is 0 Å². The zero-order valence-electron chi connectivity index (χ0n) is 20.4. The van der Waals surface area contributed by atoms with Gasteiger partial charge in [0.1, 0.15) is 5.60 Å². The van der Waals surface area contributed by atoms with Gasteiger partial charge in [-0.2, -0.15) is 0 Å². The summed E-state index contributed by atoms with van der Waals surface area (Å²) in [6, 6.07) is 25.6. The van der Waals surface area contributed by atoms with E-state index in [0.717, 1.165) is 33.2 Å². The van der Waals surface area contributed by atoms with Crippen LogP contribution in [0.25, 0.3) is 17.0 Å². The highest BCUT2D eigenvalue weighted by Gasteiger charge is 2.42. The Morgan fingerprint density at radius 2 is 1.77 bits per heavy atom. The molecular formula is C30H31ClN2O2. The molecule has 0 saturated carbocycles. The van der Waals surface area contributed by atoms with Gasteiger partial charge < -0.3 is 14.7 Å². The normalized spacial score (nSPS) is 14.0. The predicted molar refractivity (Wildman–Crippen MR) is 145 cm³/mol. The van der Waals surface area contributed by atoms with Crippen molar-refractivity contribution in [2.24, 2.45) is 0 Å². The molecule has 3 aromatic carbocycles. The molecule has 2 atom stereocenters. The summed E-state index contributed by atoms with van der Waals surface area (Å²) < 4.78 is 5.81. The molecule has 4 rings (SSSR count). The van der Waals surface area contributed by atoms with E-state index in [9.17, 15) is 5.11 Å². The van der Waals surface area contributed by atoms with Gasteiger partial charge in [-0.1, -0.05) is 72.8 Å². The maximum absolute atomic E-state index is 12.6. The van der Waals surface area contributed by atoms with Gasteiger partial charge >= 0.3 is 0 Å². The first-order valence-corrected chi connectivity index (χ1v) is 12.0. The van der Waals surface area contributed by atoms with Crippen LogP contribution in [-0.4, -0.2) is 42.7 Å². The van der Waals surface area contributed by atoms with E-state index in [4.69, 9.17) is 21.3 Å². The fraction of sp³-hybridized carbons (Fsp3) is 0.233. The van der Waals surface area contributed by atoms with Crippen LogP contribution in [0.5, 0.6) is 5.88 Å². The lowest BCUT2D eigenvalue weighted by atomic mass is 9.71. The average molecular weight is 487 g/mol. The maximum atomic E-state index is 12.6. The number of rotatable bonds is 9. The van der Waals surface area contributed by atoms with Crippen molar-refractivity contribution in [2.45, 2.75) is 17.9 Å². The first-order valence-electron chi connectivity index (χ1n) is 11.6. The van der Waals surface area contributed by atoms with Gasteiger partial charge in [-0.25, -0.2) is 4.98 Å². The highest BCUT2D eigenvalue weighted by Crippen LogP contribution is 2.47. The number of nitrogens with zero attached hydrogens (tertiary/aromatic N) is 2. The molecule has 0 aliphatic heterocycles. The molecule has 0 amide bonds. The smallest absolute Gasteiger partial charge is 0.217 e. The Kier molecular flexibility index (Phi) is 7.56. The first kappa shape index (κ1) is 24.9. The fourth-order valence-electron chi connectivity index (χ4n) is 4.63. The molecule has 0 spiro atoms. The number of methoxy groups -OCH3 is 1. The number of hydrogen-bond acceptors (Lipinski definition) is 4. The van der Waals surface area contributed by atoms with Crippen LogP contribution in [0.1, 0.15) is 34.6 Å². The highest BCUT2D eigenvalue weighted by molar-refractivity contribution is 6.30. The monoisotopic (exact) mass is 486 g/mol. The predicted octanol–water partition coefficient (Wildman–Crippen LogP) is 6.51. The van der Waals surface area contributed by atoms with Crippen molar-refractivity contribution in [3.63, 3.8) is 0 Å². The van der Waals surface area contributed by atoms with Crippen molar-refractivity contribution < 1.29 is 9.84 Å². The van der Waals surface area contributed by atoms with Crippen LogP contribution in [0.3, 0.4) is 0 Å². The molecule has 1 heterocycles. The third kappa shape index (κ3) is 5.25. The summed E-state index contributed by atoms with van der Waals surface area (Å²) in [5.74, 6) is 0.0318. The molecule has 4 aromatic rings. The third-order valence-corrected chi connectivity index (χ3v) is 6.72. The SMILES string of the molecule is C=Cc1ccc2nc(OC)c(C(c3ccc(Cl)cc3)C(O)(CCN(C)C)c3ccccc3)cc2c1. The molecule has 0 aliphatic rings. The number of ether oxygens (including phenoxy) is 1. The van der Waals surface area contributed by atoms with Gasteiger partial charge in [-0.3, -0.25) is 0 Å². The number of pyridine rings is 1. The molecule has 0 radical (unpaired) electrons. The second-order valence-corrected chi connectivity index (χ2v) is 9.51. The van der Waals surface area contributed by atoms with Crippen molar-refractivity contribution in [1.29, 1.82) is 0 Å². The Bertz CT molecular complexity index is 1310. The Morgan fingerprint density at radius 3 is 2.40 bits per heavy atom. The summed E-state index contributed by atoms with van der Waals surface area (Å²) in [4.78, 5) is 6.91. The lowest BCUT2D eigenvalue weighted by Crippen LogP contribution is -2.37. The summed E-state index contributed by atoms with van der Waals surface area (Å²) in [6.45, 7) is 4.60. The van der Waals surface area contributed by atoms with E-state index in [1.54, 1.807) is 7.11 Å². The van der Waals surface area contributed by atoms with E-state index in [1.165, 1.54) is 0 Å². The molecule has 180 valence electrons. The van der Waals surface area contributed by atoms with Crippen molar-refractivity contribution >= 4 is 28.6 Å². The molecule has 0 aliphatic carbocycles.